The molecule has 8 heteroatoms. The molecule has 0 aliphatic heterocycles. The fraction of sp³-hybridized carbons (Fsp3) is 0.824. The Balaban J connectivity index is 5.04. The monoisotopic (exact) mass is 358 g/mol. The number of rotatable bonds is 12. The Morgan fingerprint density at radius 3 is 2.08 bits per heavy atom. The highest BCUT2D eigenvalue weighted by Crippen LogP contribution is 2.09. The van der Waals surface area contributed by atoms with Crippen LogP contribution in [0.15, 0.2) is 0 Å². The maximum Gasteiger partial charge on any atom is 0.326 e. The zero-order valence-electron chi connectivity index (χ0n) is 15.7. The van der Waals surface area contributed by atoms with E-state index in [1.165, 1.54) is 0 Å². The highest BCUT2D eigenvalue weighted by atomic mass is 16.4. The van der Waals surface area contributed by atoms with Gasteiger partial charge in [-0.3, -0.25) is 9.59 Å². The molecule has 7 N–H and O–H groups in total. The van der Waals surface area contributed by atoms with Gasteiger partial charge in [-0.05, 0) is 37.6 Å². The molecule has 146 valence electrons. The summed E-state index contributed by atoms with van der Waals surface area (Å²) in [7, 11) is 0. The number of carboxylic acid groups (broad SMARTS) is 1. The summed E-state index contributed by atoms with van der Waals surface area (Å²) in [6.45, 7) is 7.70. The van der Waals surface area contributed by atoms with Gasteiger partial charge >= 0.3 is 5.97 Å². The Labute approximate surface area is 150 Å². The van der Waals surface area contributed by atoms with Crippen LogP contribution in [0.3, 0.4) is 0 Å². The van der Waals surface area contributed by atoms with Crippen LogP contribution in [0.1, 0.15) is 53.4 Å². The van der Waals surface area contributed by atoms with E-state index in [1.54, 1.807) is 13.8 Å². The molecule has 0 rings (SSSR count). The molecule has 0 aromatic carbocycles. The Kier molecular flexibility index (Phi) is 11.0. The Morgan fingerprint density at radius 2 is 1.64 bits per heavy atom. The van der Waals surface area contributed by atoms with Crippen LogP contribution in [0.5, 0.6) is 0 Å². The highest BCUT2D eigenvalue weighted by Gasteiger charge is 2.30. The van der Waals surface area contributed by atoms with Crippen molar-refractivity contribution in [1.82, 2.24) is 10.6 Å². The summed E-state index contributed by atoms with van der Waals surface area (Å²) in [6.07, 6.45) is 2.48. The zero-order valence-corrected chi connectivity index (χ0v) is 15.7. The summed E-state index contributed by atoms with van der Waals surface area (Å²) in [5, 5.41) is 14.4. The topological polar surface area (TPSA) is 148 Å². The average Bonchev–Trinajstić information content (AvgIpc) is 2.56. The van der Waals surface area contributed by atoms with Crippen LogP contribution < -0.4 is 22.1 Å². The third-order valence-corrected chi connectivity index (χ3v) is 4.37. The molecule has 0 aliphatic rings. The van der Waals surface area contributed by atoms with E-state index in [1.807, 2.05) is 13.8 Å². The van der Waals surface area contributed by atoms with Gasteiger partial charge in [0.15, 0.2) is 0 Å². The van der Waals surface area contributed by atoms with Crippen LogP contribution >= 0.6 is 0 Å². The van der Waals surface area contributed by atoms with Crippen molar-refractivity contribution in [1.29, 1.82) is 0 Å². The maximum absolute atomic E-state index is 12.5. The molecule has 0 aromatic rings. The first-order valence-corrected chi connectivity index (χ1v) is 8.94. The number of nitrogens with two attached hydrogens (primary N) is 2. The van der Waals surface area contributed by atoms with E-state index in [0.717, 1.165) is 6.42 Å². The number of amides is 2. The van der Waals surface area contributed by atoms with Gasteiger partial charge in [0.05, 0.1) is 6.04 Å². The first-order chi connectivity index (χ1) is 11.6. The number of carbonyl (C=O) groups is 3. The summed E-state index contributed by atoms with van der Waals surface area (Å²) in [5.74, 6) is -2.31. The minimum Gasteiger partial charge on any atom is -0.480 e. The molecule has 0 saturated heterocycles. The van der Waals surface area contributed by atoms with Crippen molar-refractivity contribution in [3.8, 4) is 0 Å². The van der Waals surface area contributed by atoms with Crippen molar-refractivity contribution in [2.24, 2.45) is 23.3 Å². The normalized spacial score (nSPS) is 16.0. The van der Waals surface area contributed by atoms with Gasteiger partial charge in [0.1, 0.15) is 12.1 Å². The third kappa shape index (κ3) is 8.31. The van der Waals surface area contributed by atoms with Crippen molar-refractivity contribution in [2.75, 3.05) is 6.54 Å². The lowest BCUT2D eigenvalue weighted by atomic mass is 9.98. The Hall–Kier alpha value is -1.67. The molecule has 0 aliphatic carbocycles. The molecule has 25 heavy (non-hydrogen) atoms. The second kappa shape index (κ2) is 11.8. The molecule has 0 radical (unpaired) electrons. The molecule has 0 spiro atoms. The molecule has 0 fully saturated rings. The lowest BCUT2D eigenvalue weighted by Crippen LogP contribution is -2.56. The predicted molar refractivity (Wildman–Crippen MR) is 96.7 cm³/mol. The number of nitrogens with one attached hydrogen (secondary N) is 2. The molecule has 4 atom stereocenters. The van der Waals surface area contributed by atoms with E-state index >= 15 is 0 Å². The smallest absolute Gasteiger partial charge is 0.326 e. The first-order valence-electron chi connectivity index (χ1n) is 8.94. The number of unbranched alkanes of at least 4 members (excludes halogenated alkanes) is 1. The fourth-order valence-corrected chi connectivity index (χ4v) is 2.31. The van der Waals surface area contributed by atoms with Crippen LogP contribution in [0.4, 0.5) is 0 Å². The van der Waals surface area contributed by atoms with Crippen LogP contribution in [-0.4, -0.2) is 47.6 Å². The molecule has 0 heterocycles. The number of hydrogen-bond acceptors (Lipinski definition) is 5. The van der Waals surface area contributed by atoms with E-state index in [9.17, 15) is 19.5 Å². The lowest BCUT2D eigenvalue weighted by molar-refractivity contribution is -0.143. The molecule has 0 bridgehead atoms. The van der Waals surface area contributed by atoms with Gasteiger partial charge in [-0.25, -0.2) is 4.79 Å². The minimum atomic E-state index is -1.10. The first kappa shape index (κ1) is 23.3. The SMILES string of the molecule is CC[C@H](C)[C@H](N)C(=O)N[C@@H](CCCCN)C(=O)N[C@H](C(=O)O)C(C)C. The van der Waals surface area contributed by atoms with Crippen LogP contribution in [0.2, 0.25) is 0 Å². The summed E-state index contributed by atoms with van der Waals surface area (Å²) in [4.78, 5) is 36.1. The van der Waals surface area contributed by atoms with Crippen molar-refractivity contribution in [3.63, 3.8) is 0 Å². The molecule has 8 nitrogen and oxygen atoms in total. The summed E-state index contributed by atoms with van der Waals surface area (Å²) in [5.41, 5.74) is 11.4. The lowest BCUT2D eigenvalue weighted by Gasteiger charge is -2.25. The van der Waals surface area contributed by atoms with Crippen molar-refractivity contribution < 1.29 is 19.5 Å². The number of carboxylic acids is 1. The van der Waals surface area contributed by atoms with Gasteiger partial charge in [0, 0.05) is 0 Å². The van der Waals surface area contributed by atoms with Gasteiger partial charge in [0.2, 0.25) is 11.8 Å². The molecular formula is C17H34N4O4. The van der Waals surface area contributed by atoms with Crippen LogP contribution in [0, 0.1) is 11.8 Å². The van der Waals surface area contributed by atoms with Crippen molar-refractivity contribution in [3.05, 3.63) is 0 Å². The Morgan fingerprint density at radius 1 is 1.04 bits per heavy atom. The van der Waals surface area contributed by atoms with Gasteiger partial charge in [0.25, 0.3) is 0 Å². The quantitative estimate of drug-likeness (QED) is 0.315. The molecule has 2 amide bonds. The van der Waals surface area contributed by atoms with Crippen molar-refractivity contribution >= 4 is 17.8 Å². The minimum absolute atomic E-state index is 0.0183. The number of carbonyl (C=O) groups excluding carboxylic acids is 2. The van der Waals surface area contributed by atoms with Crippen LogP contribution in [0.25, 0.3) is 0 Å². The highest BCUT2D eigenvalue weighted by molar-refractivity contribution is 5.91. The fourth-order valence-electron chi connectivity index (χ4n) is 2.31. The summed E-state index contributed by atoms with van der Waals surface area (Å²) < 4.78 is 0. The molecular weight excluding hydrogens is 324 g/mol. The van der Waals surface area contributed by atoms with E-state index in [-0.39, 0.29) is 11.8 Å². The molecule has 0 saturated carbocycles. The second-order valence-corrected chi connectivity index (χ2v) is 6.83. The van der Waals surface area contributed by atoms with E-state index in [2.05, 4.69) is 10.6 Å². The van der Waals surface area contributed by atoms with Crippen molar-refractivity contribution in [2.45, 2.75) is 71.5 Å². The second-order valence-electron chi connectivity index (χ2n) is 6.83. The van der Waals surface area contributed by atoms with Gasteiger partial charge in [-0.2, -0.15) is 0 Å². The predicted octanol–water partition coefficient (Wildman–Crippen LogP) is 0.199. The summed E-state index contributed by atoms with van der Waals surface area (Å²) in [6, 6.07) is -2.55. The van der Waals surface area contributed by atoms with Gasteiger partial charge < -0.3 is 27.2 Å². The standard InChI is InChI=1S/C17H34N4O4/c1-5-11(4)13(19)16(23)20-12(8-6-7-9-18)15(22)21-14(10(2)3)17(24)25/h10-14H,5-9,18-19H2,1-4H3,(H,20,23)(H,21,22)(H,24,25)/t11-,12-,13-,14-/m0/s1. The van der Waals surface area contributed by atoms with E-state index < -0.39 is 35.9 Å². The summed E-state index contributed by atoms with van der Waals surface area (Å²) >= 11 is 0. The zero-order chi connectivity index (χ0) is 19.6. The Bertz CT molecular complexity index is 442. The third-order valence-electron chi connectivity index (χ3n) is 4.37. The largest absolute Gasteiger partial charge is 0.480 e. The van der Waals surface area contributed by atoms with E-state index in [4.69, 9.17) is 11.5 Å². The molecule has 0 unspecified atom stereocenters. The van der Waals surface area contributed by atoms with Crippen LogP contribution in [-0.2, 0) is 14.4 Å². The van der Waals surface area contributed by atoms with Gasteiger partial charge in [-0.1, -0.05) is 34.1 Å². The number of hydrogen-bond donors (Lipinski definition) is 5. The number of aliphatic carboxylic acids is 1. The average molecular weight is 358 g/mol. The maximum atomic E-state index is 12.5. The van der Waals surface area contributed by atoms with E-state index in [0.29, 0.717) is 25.8 Å². The molecule has 0 aromatic heterocycles. The van der Waals surface area contributed by atoms with Gasteiger partial charge in [-0.15, -0.1) is 0 Å².